The Morgan fingerprint density at radius 3 is 2.44 bits per heavy atom. The van der Waals surface area contributed by atoms with Crippen LogP contribution in [-0.4, -0.2) is 38.4 Å². The lowest BCUT2D eigenvalue weighted by Crippen LogP contribution is -2.21. The lowest BCUT2D eigenvalue weighted by molar-refractivity contribution is 0.421. The van der Waals surface area contributed by atoms with E-state index in [-0.39, 0.29) is 0 Å². The third kappa shape index (κ3) is 5.30. The SMILES string of the molecule is CN=C(N)CCN(C)C. The zero-order chi connectivity index (χ0) is 7.28. The quantitative estimate of drug-likeness (QED) is 0.428. The predicted octanol–water partition coefficient (Wildman–Crippen LogP) is -0.0749. The van der Waals surface area contributed by atoms with Crippen molar-refractivity contribution in [2.24, 2.45) is 10.7 Å². The third-order valence-corrected chi connectivity index (χ3v) is 1.10. The second-order valence-electron chi connectivity index (χ2n) is 2.27. The molecule has 3 heteroatoms. The molecule has 0 aromatic heterocycles. The molecule has 0 radical (unpaired) electrons. The first kappa shape index (κ1) is 8.43. The molecule has 0 heterocycles. The zero-order valence-corrected chi connectivity index (χ0v) is 6.39. The van der Waals surface area contributed by atoms with Gasteiger partial charge in [-0.1, -0.05) is 0 Å². The van der Waals surface area contributed by atoms with Crippen molar-refractivity contribution in [1.29, 1.82) is 0 Å². The molecule has 9 heavy (non-hydrogen) atoms. The van der Waals surface area contributed by atoms with Gasteiger partial charge in [0.1, 0.15) is 0 Å². The summed E-state index contributed by atoms with van der Waals surface area (Å²) < 4.78 is 0. The molecule has 0 atom stereocenters. The van der Waals surface area contributed by atoms with E-state index in [4.69, 9.17) is 5.73 Å². The lowest BCUT2D eigenvalue weighted by atomic mass is 10.4. The van der Waals surface area contributed by atoms with Crippen molar-refractivity contribution >= 4 is 5.84 Å². The Bertz CT molecular complexity index is 96.5. The van der Waals surface area contributed by atoms with Crippen molar-refractivity contribution in [2.75, 3.05) is 27.7 Å². The highest BCUT2D eigenvalue weighted by molar-refractivity contribution is 5.80. The minimum absolute atomic E-state index is 0.726. The Morgan fingerprint density at radius 2 is 2.11 bits per heavy atom. The topological polar surface area (TPSA) is 41.6 Å². The molecule has 54 valence electrons. The summed E-state index contributed by atoms with van der Waals surface area (Å²) in [5.74, 6) is 0.726. The van der Waals surface area contributed by atoms with Crippen LogP contribution < -0.4 is 5.73 Å². The van der Waals surface area contributed by atoms with Gasteiger partial charge in [-0.3, -0.25) is 4.99 Å². The van der Waals surface area contributed by atoms with Crippen molar-refractivity contribution in [1.82, 2.24) is 4.90 Å². The molecule has 0 bridgehead atoms. The monoisotopic (exact) mass is 129 g/mol. The number of hydrogen-bond donors (Lipinski definition) is 1. The Kier molecular flexibility index (Phi) is 4.05. The Labute approximate surface area is 56.6 Å². The zero-order valence-electron chi connectivity index (χ0n) is 6.39. The molecular formula is C6H15N3. The van der Waals surface area contributed by atoms with E-state index in [1.807, 2.05) is 14.1 Å². The maximum absolute atomic E-state index is 5.44. The molecule has 2 N–H and O–H groups in total. The van der Waals surface area contributed by atoms with E-state index >= 15 is 0 Å². The van der Waals surface area contributed by atoms with Gasteiger partial charge in [-0.05, 0) is 14.1 Å². The fourth-order valence-corrected chi connectivity index (χ4v) is 0.450. The molecule has 0 saturated heterocycles. The molecule has 0 aliphatic rings. The number of aliphatic imine (C=N–C) groups is 1. The summed E-state index contributed by atoms with van der Waals surface area (Å²) in [5.41, 5.74) is 5.44. The van der Waals surface area contributed by atoms with Gasteiger partial charge in [-0.2, -0.15) is 0 Å². The van der Waals surface area contributed by atoms with E-state index < -0.39 is 0 Å². The van der Waals surface area contributed by atoms with Crippen molar-refractivity contribution in [2.45, 2.75) is 6.42 Å². The summed E-state index contributed by atoms with van der Waals surface area (Å²) >= 11 is 0. The molecule has 3 nitrogen and oxygen atoms in total. The third-order valence-electron chi connectivity index (χ3n) is 1.10. The summed E-state index contributed by atoms with van der Waals surface area (Å²) in [6.45, 7) is 0.975. The molecule has 0 fully saturated rings. The van der Waals surface area contributed by atoms with Crippen molar-refractivity contribution in [3.63, 3.8) is 0 Å². The first-order chi connectivity index (χ1) is 4.16. The van der Waals surface area contributed by atoms with E-state index in [1.54, 1.807) is 7.05 Å². The maximum atomic E-state index is 5.44. The number of rotatable bonds is 3. The van der Waals surface area contributed by atoms with Gasteiger partial charge in [0, 0.05) is 20.0 Å². The first-order valence-electron chi connectivity index (χ1n) is 3.02. The van der Waals surface area contributed by atoms with Gasteiger partial charge in [0.25, 0.3) is 0 Å². The van der Waals surface area contributed by atoms with Gasteiger partial charge in [-0.25, -0.2) is 0 Å². The summed E-state index contributed by atoms with van der Waals surface area (Å²) in [6, 6.07) is 0. The van der Waals surface area contributed by atoms with Crippen LogP contribution in [0.3, 0.4) is 0 Å². The molecule has 0 unspecified atom stereocenters. The maximum Gasteiger partial charge on any atom is 0.0946 e. The van der Waals surface area contributed by atoms with Crippen LogP contribution >= 0.6 is 0 Å². The first-order valence-corrected chi connectivity index (χ1v) is 3.02. The summed E-state index contributed by atoms with van der Waals surface area (Å²) in [4.78, 5) is 5.91. The van der Waals surface area contributed by atoms with Crippen molar-refractivity contribution in [3.05, 3.63) is 0 Å². The minimum atomic E-state index is 0.726. The van der Waals surface area contributed by atoms with Gasteiger partial charge in [0.05, 0.1) is 5.84 Å². The van der Waals surface area contributed by atoms with Crippen LogP contribution in [0.15, 0.2) is 4.99 Å². The van der Waals surface area contributed by atoms with Crippen LogP contribution in [0.1, 0.15) is 6.42 Å². The van der Waals surface area contributed by atoms with Gasteiger partial charge >= 0.3 is 0 Å². The molecule has 0 aliphatic carbocycles. The molecular weight excluding hydrogens is 114 g/mol. The number of amidine groups is 1. The molecule has 0 aromatic carbocycles. The number of hydrogen-bond acceptors (Lipinski definition) is 2. The van der Waals surface area contributed by atoms with E-state index in [0.29, 0.717) is 0 Å². The van der Waals surface area contributed by atoms with Crippen LogP contribution in [0.25, 0.3) is 0 Å². The van der Waals surface area contributed by atoms with Gasteiger partial charge in [0.15, 0.2) is 0 Å². The summed E-state index contributed by atoms with van der Waals surface area (Å²) in [6.07, 6.45) is 0.865. The predicted molar refractivity (Wildman–Crippen MR) is 40.7 cm³/mol. The largest absolute Gasteiger partial charge is 0.387 e. The molecule has 0 saturated carbocycles. The van der Waals surface area contributed by atoms with Crippen LogP contribution in [0.2, 0.25) is 0 Å². The van der Waals surface area contributed by atoms with Gasteiger partial charge in [-0.15, -0.1) is 0 Å². The van der Waals surface area contributed by atoms with Crippen LogP contribution in [0, 0.1) is 0 Å². The summed E-state index contributed by atoms with van der Waals surface area (Å²) in [7, 11) is 5.75. The highest BCUT2D eigenvalue weighted by Gasteiger charge is 1.91. The molecule has 0 aromatic rings. The molecule has 0 aliphatic heterocycles. The van der Waals surface area contributed by atoms with E-state index in [2.05, 4.69) is 9.89 Å². The Hall–Kier alpha value is -0.570. The number of nitrogens with two attached hydrogens (primary N) is 1. The molecule has 0 spiro atoms. The average Bonchev–Trinajstić information content (AvgIpc) is 1.83. The van der Waals surface area contributed by atoms with Crippen LogP contribution in [-0.2, 0) is 0 Å². The van der Waals surface area contributed by atoms with Crippen LogP contribution in [0.4, 0.5) is 0 Å². The van der Waals surface area contributed by atoms with E-state index in [1.165, 1.54) is 0 Å². The smallest absolute Gasteiger partial charge is 0.0946 e. The summed E-state index contributed by atoms with van der Waals surface area (Å²) in [5, 5.41) is 0. The van der Waals surface area contributed by atoms with Gasteiger partial charge in [0.2, 0.25) is 0 Å². The second kappa shape index (κ2) is 4.32. The minimum Gasteiger partial charge on any atom is -0.387 e. The fraction of sp³-hybridized carbons (Fsp3) is 0.833. The fourth-order valence-electron chi connectivity index (χ4n) is 0.450. The second-order valence-corrected chi connectivity index (χ2v) is 2.27. The highest BCUT2D eigenvalue weighted by atomic mass is 15.1. The standard InChI is InChI=1S/C6H15N3/c1-8-6(7)4-5-9(2)3/h4-5H2,1-3H3,(H2,7,8). The average molecular weight is 129 g/mol. The number of nitrogens with zero attached hydrogens (tertiary/aromatic N) is 2. The Morgan fingerprint density at radius 1 is 1.56 bits per heavy atom. The lowest BCUT2D eigenvalue weighted by Gasteiger charge is -2.07. The van der Waals surface area contributed by atoms with E-state index in [0.717, 1.165) is 18.8 Å². The van der Waals surface area contributed by atoms with Crippen molar-refractivity contribution < 1.29 is 0 Å². The van der Waals surface area contributed by atoms with Crippen molar-refractivity contribution in [3.8, 4) is 0 Å². The highest BCUT2D eigenvalue weighted by Crippen LogP contribution is 1.81. The molecule has 0 amide bonds. The normalized spacial score (nSPS) is 12.7. The van der Waals surface area contributed by atoms with E-state index in [9.17, 15) is 0 Å². The Balaban J connectivity index is 3.28. The molecule has 0 rings (SSSR count). The van der Waals surface area contributed by atoms with Crippen LogP contribution in [0.5, 0.6) is 0 Å². The van der Waals surface area contributed by atoms with Gasteiger partial charge < -0.3 is 10.6 Å².